The zero-order chi connectivity index (χ0) is 48.2. The molecule has 0 N–H and O–H groups in total. The van der Waals surface area contributed by atoms with Crippen LogP contribution in [0.5, 0.6) is 0 Å². The van der Waals surface area contributed by atoms with Crippen LogP contribution >= 0.6 is 0 Å². The van der Waals surface area contributed by atoms with Crippen LogP contribution in [0.2, 0.25) is 0 Å². The van der Waals surface area contributed by atoms with E-state index in [1.54, 1.807) is 0 Å². The summed E-state index contributed by atoms with van der Waals surface area (Å²) >= 11 is 0. The lowest BCUT2D eigenvalue weighted by atomic mass is 9.78. The lowest BCUT2D eigenvalue weighted by molar-refractivity contribution is 1.18. The van der Waals surface area contributed by atoms with Crippen molar-refractivity contribution in [2.75, 3.05) is 0 Å². The number of nitrogens with zero attached hydrogens (tertiary/aromatic N) is 2. The molecule has 1 aliphatic rings. The summed E-state index contributed by atoms with van der Waals surface area (Å²) in [6.45, 7) is 0. The quantitative estimate of drug-likeness (QED) is 0.153. The van der Waals surface area contributed by atoms with Gasteiger partial charge in [-0.1, -0.05) is 182 Å². The first-order chi connectivity index (χ1) is 36.7. The maximum absolute atomic E-state index is 2.54. The van der Waals surface area contributed by atoms with Crippen LogP contribution in [0.1, 0.15) is 0 Å². The maximum Gasteiger partial charge on any atom is 0.0541 e. The summed E-state index contributed by atoms with van der Waals surface area (Å²) < 4.78 is 4.94. The fraction of sp³-hybridized carbons (Fsp3) is 0. The fourth-order valence-corrected chi connectivity index (χ4v) is 13.5. The Labute approximate surface area is 425 Å². The molecule has 0 radical (unpaired) electrons. The number of benzene rings is 14. The van der Waals surface area contributed by atoms with Crippen molar-refractivity contribution >= 4 is 108 Å². The highest BCUT2D eigenvalue weighted by molar-refractivity contribution is 6.29. The fourth-order valence-electron chi connectivity index (χ4n) is 13.5. The zero-order valence-corrected chi connectivity index (χ0v) is 40.1. The van der Waals surface area contributed by atoms with Gasteiger partial charge in [0, 0.05) is 32.9 Å². The standard InChI is InChI=1S/C72H42N2/c1-5-21-49-45(17-1)47-19-3-7-23-51(47)63-41-67-60-38-44(74-71-31-15-11-27-57(71)58-28-12-16-32-72(58)74)34-36-54(60)66-40-62-50-22-6-2-18-46(50)48-20-4-8-24-52(48)64(62)42-68(66)59-37-43(33-35-53(59)65(67)39-61(49)63)73-69-29-13-9-25-55(69)56-26-10-14-30-70(56)73/h1-42H. The van der Waals surface area contributed by atoms with Crippen molar-refractivity contribution in [2.24, 2.45) is 0 Å². The third-order valence-corrected chi connectivity index (χ3v) is 16.6. The highest BCUT2D eigenvalue weighted by Crippen LogP contribution is 2.53. The molecule has 0 amide bonds. The van der Waals surface area contributed by atoms with E-state index in [1.807, 2.05) is 0 Å². The van der Waals surface area contributed by atoms with Crippen LogP contribution in [0.4, 0.5) is 0 Å². The summed E-state index contributed by atoms with van der Waals surface area (Å²) in [5.41, 5.74) is 16.8. The minimum Gasteiger partial charge on any atom is -0.309 e. The summed E-state index contributed by atoms with van der Waals surface area (Å²) in [4.78, 5) is 0. The van der Waals surface area contributed by atoms with Crippen molar-refractivity contribution in [1.82, 2.24) is 9.13 Å². The molecule has 0 saturated carbocycles. The van der Waals surface area contributed by atoms with Crippen molar-refractivity contribution in [2.45, 2.75) is 0 Å². The van der Waals surface area contributed by atoms with Gasteiger partial charge >= 0.3 is 0 Å². The van der Waals surface area contributed by atoms with Crippen molar-refractivity contribution in [3.05, 3.63) is 255 Å². The number of hydrogen-bond donors (Lipinski definition) is 0. The molecular formula is C72H42N2. The molecule has 0 bridgehead atoms. The molecule has 0 saturated heterocycles. The Kier molecular flexibility index (Phi) is 8.03. The predicted octanol–water partition coefficient (Wildman–Crippen LogP) is 19.8. The average molecular weight is 935 g/mol. The topological polar surface area (TPSA) is 9.86 Å². The Morgan fingerprint density at radius 2 is 0.351 bits per heavy atom. The van der Waals surface area contributed by atoms with E-state index in [4.69, 9.17) is 0 Å². The van der Waals surface area contributed by atoms with Crippen molar-refractivity contribution in [3.63, 3.8) is 0 Å². The largest absolute Gasteiger partial charge is 0.309 e. The van der Waals surface area contributed by atoms with Gasteiger partial charge in [-0.25, -0.2) is 0 Å². The Hall–Kier alpha value is -9.76. The van der Waals surface area contributed by atoms with Crippen molar-refractivity contribution in [1.29, 1.82) is 0 Å². The Morgan fingerprint density at radius 1 is 0.149 bits per heavy atom. The van der Waals surface area contributed by atoms with Gasteiger partial charge in [-0.05, 0) is 182 Å². The van der Waals surface area contributed by atoms with Crippen molar-refractivity contribution < 1.29 is 0 Å². The Morgan fingerprint density at radius 3 is 0.622 bits per heavy atom. The molecule has 0 unspecified atom stereocenters. The minimum absolute atomic E-state index is 1.14. The van der Waals surface area contributed by atoms with Crippen LogP contribution in [0.15, 0.2) is 255 Å². The van der Waals surface area contributed by atoms with Crippen LogP contribution in [-0.4, -0.2) is 9.13 Å². The third-order valence-electron chi connectivity index (χ3n) is 16.6. The molecule has 0 aliphatic heterocycles. The van der Waals surface area contributed by atoms with E-state index < -0.39 is 0 Å². The van der Waals surface area contributed by atoms with Gasteiger partial charge in [0.1, 0.15) is 0 Å². The summed E-state index contributed by atoms with van der Waals surface area (Å²) in [6, 6.07) is 96.1. The molecule has 0 fully saturated rings. The van der Waals surface area contributed by atoms with Gasteiger partial charge in [0.25, 0.3) is 0 Å². The molecule has 17 rings (SSSR count). The van der Waals surface area contributed by atoms with Crippen LogP contribution < -0.4 is 0 Å². The molecule has 74 heavy (non-hydrogen) atoms. The summed E-state index contributed by atoms with van der Waals surface area (Å²) in [6.07, 6.45) is 0. The number of rotatable bonds is 2. The smallest absolute Gasteiger partial charge is 0.0541 e. The van der Waals surface area contributed by atoms with Gasteiger partial charge in [0.05, 0.1) is 22.1 Å². The maximum atomic E-state index is 2.54. The van der Waals surface area contributed by atoms with Crippen LogP contribution in [0.3, 0.4) is 0 Å². The van der Waals surface area contributed by atoms with E-state index >= 15 is 0 Å². The molecule has 2 aromatic heterocycles. The van der Waals surface area contributed by atoms with Gasteiger partial charge in [-0.3, -0.25) is 0 Å². The monoisotopic (exact) mass is 934 g/mol. The Balaban J connectivity index is 1.07. The highest BCUT2D eigenvalue weighted by Gasteiger charge is 2.27. The zero-order valence-electron chi connectivity index (χ0n) is 40.1. The van der Waals surface area contributed by atoms with E-state index in [2.05, 4.69) is 264 Å². The average Bonchev–Trinajstić information content (AvgIpc) is 4.03. The number of fused-ring (bicyclic) bond motifs is 26. The second kappa shape index (κ2) is 14.9. The molecule has 340 valence electrons. The molecule has 0 spiro atoms. The highest BCUT2D eigenvalue weighted by atomic mass is 15.0. The van der Waals surface area contributed by atoms with E-state index in [0.29, 0.717) is 0 Å². The third kappa shape index (κ3) is 5.38. The van der Waals surface area contributed by atoms with E-state index in [-0.39, 0.29) is 0 Å². The normalized spacial score (nSPS) is 12.3. The van der Waals surface area contributed by atoms with Crippen LogP contribution in [0, 0.1) is 0 Å². The molecule has 2 heteroatoms. The molecule has 1 aliphatic carbocycles. The number of para-hydroxylation sites is 4. The minimum atomic E-state index is 1.14. The van der Waals surface area contributed by atoms with Gasteiger partial charge in [0.2, 0.25) is 0 Å². The van der Waals surface area contributed by atoms with Crippen LogP contribution in [0.25, 0.3) is 164 Å². The second-order valence-electron chi connectivity index (χ2n) is 20.3. The number of hydrogen-bond acceptors (Lipinski definition) is 0. The molecule has 2 heterocycles. The second-order valence-corrected chi connectivity index (χ2v) is 20.3. The van der Waals surface area contributed by atoms with E-state index in [1.165, 1.54) is 153 Å². The van der Waals surface area contributed by atoms with Crippen LogP contribution in [-0.2, 0) is 0 Å². The summed E-state index contributed by atoms with van der Waals surface area (Å²) in [7, 11) is 0. The molecule has 0 atom stereocenters. The van der Waals surface area contributed by atoms with Crippen molar-refractivity contribution in [3.8, 4) is 55.9 Å². The van der Waals surface area contributed by atoms with Gasteiger partial charge < -0.3 is 9.13 Å². The summed E-state index contributed by atoms with van der Waals surface area (Å²) in [5, 5.41) is 20.2. The van der Waals surface area contributed by atoms with Gasteiger partial charge in [0.15, 0.2) is 0 Å². The Bertz CT molecular complexity index is 4710. The molecule has 14 aromatic carbocycles. The molecule has 16 aromatic rings. The first kappa shape index (κ1) is 39.9. The van der Waals surface area contributed by atoms with Gasteiger partial charge in [-0.2, -0.15) is 0 Å². The SMILES string of the molecule is c1ccc2c(c1)c1ccccc1c1cc3c(cc21)-c1ccc(-n2c4ccccc4c4ccccc42)cc1-c1cc2c4ccccc4c4ccccc4c2cc1-c1ccc(-n2c4ccccc4c4ccccc42)cc1-3. The first-order valence-electron chi connectivity index (χ1n) is 25.7. The van der Waals surface area contributed by atoms with E-state index in [9.17, 15) is 0 Å². The molecular weight excluding hydrogens is 893 g/mol. The lowest BCUT2D eigenvalue weighted by Gasteiger charge is -2.27. The summed E-state index contributed by atoms with van der Waals surface area (Å²) in [5.74, 6) is 0. The lowest BCUT2D eigenvalue weighted by Crippen LogP contribution is -2.02. The van der Waals surface area contributed by atoms with Gasteiger partial charge in [-0.15, -0.1) is 0 Å². The number of aromatic nitrogens is 2. The molecule has 2 nitrogen and oxygen atoms in total. The van der Waals surface area contributed by atoms with E-state index in [0.717, 1.165) is 11.4 Å². The predicted molar refractivity (Wildman–Crippen MR) is 315 cm³/mol. The first-order valence-corrected chi connectivity index (χ1v) is 25.7.